The largest absolute Gasteiger partial charge is 0.508 e. The number of carbonyl (C=O) groups is 3. The number of esters is 3. The van der Waals surface area contributed by atoms with E-state index in [9.17, 15) is 19.8 Å². The van der Waals surface area contributed by atoms with Crippen LogP contribution in [0.1, 0.15) is 68.8 Å². The van der Waals surface area contributed by atoms with Gasteiger partial charge in [-0.1, -0.05) is 55.5 Å². The molecule has 6 aliphatic rings. The minimum atomic E-state index is -2.31. The van der Waals surface area contributed by atoms with Crippen LogP contribution in [0.3, 0.4) is 0 Å². The van der Waals surface area contributed by atoms with Crippen molar-refractivity contribution in [3.8, 4) is 11.5 Å². The number of benzene rings is 3. The molecule has 1 unspecified atom stereocenters. The SMILES string of the molecule is CCC1=C[C@H]2CN(C1)Cc1c([nH]c3ccc(Sc4cccc(O)c4)cc13)[C@@](C(=O)OC)(c1cc3c(cc1OC)N(C)[C@H]1[C@@](O)(C(=O)OC)[C@H](OC(C)=O)[C@]4(CC)C=CCN5CC[C@]31[C@@H]54)C2. The van der Waals surface area contributed by atoms with Crippen molar-refractivity contribution in [2.24, 2.45) is 11.3 Å². The van der Waals surface area contributed by atoms with Crippen LogP contribution in [0.5, 0.6) is 11.5 Å². The van der Waals surface area contributed by atoms with Crippen molar-refractivity contribution in [2.75, 3.05) is 59.5 Å². The molecule has 0 radical (unpaired) electrons. The number of phenols is 1. The number of anilines is 1. The molecule has 0 amide bonds. The van der Waals surface area contributed by atoms with E-state index < -0.39 is 51.9 Å². The highest BCUT2D eigenvalue weighted by Crippen LogP contribution is 2.68. The lowest BCUT2D eigenvalue weighted by atomic mass is 9.47. The molecule has 3 N–H and O–H groups in total. The van der Waals surface area contributed by atoms with Crippen LogP contribution in [0, 0.1) is 11.3 Å². The number of carbonyl (C=O) groups excluding carboxylic acids is 3. The molecule has 3 aromatic carbocycles. The van der Waals surface area contributed by atoms with Gasteiger partial charge in [-0.2, -0.15) is 0 Å². The smallest absolute Gasteiger partial charge is 0.344 e. The number of nitrogens with one attached hydrogen (secondary N) is 1. The summed E-state index contributed by atoms with van der Waals surface area (Å²) in [6, 6.07) is 16.3. The number of rotatable bonds is 9. The molecule has 1 spiro atoms. The third kappa shape index (κ3) is 6.05. The number of fused-ring (bicyclic) bond motifs is 6. The Labute approximate surface area is 383 Å². The molecule has 4 aromatic rings. The molecular formula is C51H58N4O9S. The molecule has 1 aromatic heterocycles. The van der Waals surface area contributed by atoms with Crippen LogP contribution >= 0.6 is 11.8 Å². The highest BCUT2D eigenvalue weighted by molar-refractivity contribution is 7.99. The van der Waals surface area contributed by atoms with Gasteiger partial charge >= 0.3 is 17.9 Å². The lowest BCUT2D eigenvalue weighted by Crippen LogP contribution is -2.81. The van der Waals surface area contributed by atoms with Crippen LogP contribution in [0.15, 0.2) is 88.2 Å². The number of aromatic amines is 1. The van der Waals surface area contributed by atoms with Gasteiger partial charge in [0.15, 0.2) is 6.10 Å². The number of phenolic OH excluding ortho intramolecular Hbond substituents is 1. The predicted molar refractivity (Wildman–Crippen MR) is 246 cm³/mol. The fourth-order valence-corrected chi connectivity index (χ4v) is 14.5. The topological polar surface area (TPSA) is 154 Å². The number of methoxy groups -OCH3 is 3. The first-order valence-electron chi connectivity index (χ1n) is 22.7. The first-order valence-corrected chi connectivity index (χ1v) is 23.5. The number of nitrogens with zero attached hydrogens (tertiary/aromatic N) is 3. The molecule has 9 atom stereocenters. The Morgan fingerprint density at radius 3 is 2.45 bits per heavy atom. The minimum Gasteiger partial charge on any atom is -0.508 e. The molecule has 6 heterocycles. The molecule has 1 saturated carbocycles. The van der Waals surface area contributed by atoms with Crippen molar-refractivity contribution >= 4 is 46.3 Å². The summed E-state index contributed by atoms with van der Waals surface area (Å²) in [5, 5.41) is 24.7. The maximum atomic E-state index is 15.5. The van der Waals surface area contributed by atoms with Crippen molar-refractivity contribution < 1.29 is 43.5 Å². The van der Waals surface area contributed by atoms with E-state index in [-0.39, 0.29) is 17.7 Å². The summed E-state index contributed by atoms with van der Waals surface area (Å²) < 4.78 is 24.1. The molecule has 342 valence electrons. The fourth-order valence-electron chi connectivity index (χ4n) is 13.6. The highest BCUT2D eigenvalue weighted by Gasteiger charge is 2.80. The number of likely N-dealkylation sites (N-methyl/N-ethyl adjacent to an activating group) is 1. The van der Waals surface area contributed by atoms with Gasteiger partial charge in [-0.25, -0.2) is 4.79 Å². The molecule has 2 fully saturated rings. The zero-order valence-electron chi connectivity index (χ0n) is 38.1. The first kappa shape index (κ1) is 43.6. The van der Waals surface area contributed by atoms with Crippen LogP contribution in [-0.4, -0.2) is 121 Å². The molecule has 65 heavy (non-hydrogen) atoms. The Kier molecular flexibility index (Phi) is 10.5. The van der Waals surface area contributed by atoms with Crippen molar-refractivity contribution in [1.82, 2.24) is 14.8 Å². The average Bonchev–Trinajstić information content (AvgIpc) is 3.94. The monoisotopic (exact) mass is 902 g/mol. The maximum absolute atomic E-state index is 15.5. The van der Waals surface area contributed by atoms with E-state index in [1.807, 2.05) is 37.1 Å². The van der Waals surface area contributed by atoms with E-state index in [2.05, 4.69) is 64.2 Å². The Balaban J connectivity index is 1.25. The summed E-state index contributed by atoms with van der Waals surface area (Å²) in [7, 11) is 6.19. The Morgan fingerprint density at radius 1 is 0.954 bits per heavy atom. The molecule has 2 bridgehead atoms. The summed E-state index contributed by atoms with van der Waals surface area (Å²) in [4.78, 5) is 55.6. The van der Waals surface area contributed by atoms with Gasteiger partial charge in [0.1, 0.15) is 16.9 Å². The van der Waals surface area contributed by atoms with Crippen LogP contribution in [0.4, 0.5) is 5.69 Å². The zero-order valence-corrected chi connectivity index (χ0v) is 38.9. The summed E-state index contributed by atoms with van der Waals surface area (Å²) in [5.41, 5.74) is 0.553. The first-order chi connectivity index (χ1) is 31.2. The van der Waals surface area contributed by atoms with Gasteiger partial charge < -0.3 is 39.0 Å². The van der Waals surface area contributed by atoms with Crippen LogP contribution in [0.2, 0.25) is 0 Å². The molecular weight excluding hydrogens is 845 g/mol. The second-order valence-corrected chi connectivity index (χ2v) is 20.1. The second kappa shape index (κ2) is 15.7. The quantitative estimate of drug-likeness (QED) is 0.0939. The van der Waals surface area contributed by atoms with Gasteiger partial charge in [0.05, 0.1) is 27.4 Å². The normalized spacial score (nSPS) is 32.0. The van der Waals surface area contributed by atoms with Gasteiger partial charge in [0.25, 0.3) is 0 Å². The third-order valence-electron chi connectivity index (χ3n) is 15.9. The number of aromatic nitrogens is 1. The Morgan fingerprint density at radius 2 is 1.74 bits per heavy atom. The fraction of sp³-hybridized carbons (Fsp3) is 0.471. The molecule has 13 nitrogen and oxygen atoms in total. The number of ether oxygens (including phenoxy) is 4. The van der Waals surface area contributed by atoms with Gasteiger partial charge in [0, 0.05) is 101 Å². The van der Waals surface area contributed by atoms with Crippen molar-refractivity contribution in [2.45, 2.75) is 97.4 Å². The number of H-pyrrole nitrogens is 1. The Hall–Kier alpha value is -5.28. The molecule has 5 aliphatic heterocycles. The van der Waals surface area contributed by atoms with Crippen LogP contribution < -0.4 is 9.64 Å². The minimum absolute atomic E-state index is 0.0254. The second-order valence-electron chi connectivity index (χ2n) is 18.9. The van der Waals surface area contributed by atoms with E-state index in [0.717, 1.165) is 62.7 Å². The predicted octanol–water partition coefficient (Wildman–Crippen LogP) is 6.61. The van der Waals surface area contributed by atoms with E-state index in [1.54, 1.807) is 31.0 Å². The standard InChI is InChI=1S/C51H58N4O9S/c1-8-30-20-31-25-50(46(58)62-6,42-36(28-54(26-30)27-31)35-22-34(14-15-39(35)52-42)65-33-13-10-12-32(57)21-33)38-23-37-40(24-41(38)61-5)53(4)44-49(37)17-19-55-18-11-16-48(9-2,43(49)55)45(64-29(3)56)51(44,60)47(59)63-7/h10-16,20-24,31,43-45,52,57,60H,8-9,17-19,25-28H2,1-7H3/t31-,43+,44-,45-,48-,49-,50+,51+/m1/s1. The number of hydrogen-bond acceptors (Lipinski definition) is 13. The molecule has 14 heteroatoms. The van der Waals surface area contributed by atoms with Crippen LogP contribution in [-0.2, 0) is 46.0 Å². The summed E-state index contributed by atoms with van der Waals surface area (Å²) in [6.45, 7) is 8.95. The summed E-state index contributed by atoms with van der Waals surface area (Å²) in [6.07, 6.45) is 7.48. The zero-order chi connectivity index (χ0) is 45.8. The highest BCUT2D eigenvalue weighted by atomic mass is 32.2. The third-order valence-corrected chi connectivity index (χ3v) is 16.9. The molecule has 1 saturated heterocycles. The van der Waals surface area contributed by atoms with Crippen molar-refractivity contribution in [3.63, 3.8) is 0 Å². The maximum Gasteiger partial charge on any atom is 0.344 e. The van der Waals surface area contributed by atoms with Gasteiger partial charge in [-0.3, -0.25) is 19.4 Å². The van der Waals surface area contributed by atoms with E-state index in [1.165, 1.54) is 26.7 Å². The molecule has 10 rings (SSSR count). The number of aliphatic hydroxyl groups is 1. The summed E-state index contributed by atoms with van der Waals surface area (Å²) >= 11 is 1.56. The van der Waals surface area contributed by atoms with Crippen molar-refractivity contribution in [1.29, 1.82) is 0 Å². The van der Waals surface area contributed by atoms with E-state index >= 15 is 4.79 Å². The lowest BCUT2D eigenvalue weighted by molar-refractivity contribution is -0.228. The van der Waals surface area contributed by atoms with Gasteiger partial charge in [0.2, 0.25) is 5.60 Å². The van der Waals surface area contributed by atoms with Crippen molar-refractivity contribution in [3.05, 3.63) is 101 Å². The lowest BCUT2D eigenvalue weighted by Gasteiger charge is -2.63. The van der Waals surface area contributed by atoms with Crippen LogP contribution in [0.25, 0.3) is 10.9 Å². The van der Waals surface area contributed by atoms with E-state index in [0.29, 0.717) is 50.2 Å². The van der Waals surface area contributed by atoms with E-state index in [4.69, 9.17) is 18.9 Å². The van der Waals surface area contributed by atoms with Gasteiger partial charge in [-0.05, 0) is 91.7 Å². The summed E-state index contributed by atoms with van der Waals surface area (Å²) in [5.74, 6) is -1.27. The number of hydrogen-bond donors (Lipinski definition) is 3. The number of aromatic hydroxyl groups is 1. The average molecular weight is 903 g/mol. The molecule has 1 aliphatic carbocycles. The Bertz CT molecular complexity index is 2700. The van der Waals surface area contributed by atoms with Gasteiger partial charge in [-0.15, -0.1) is 0 Å².